The summed E-state index contributed by atoms with van der Waals surface area (Å²) in [5.41, 5.74) is 0. The number of hydrogen-bond acceptors (Lipinski definition) is 2. The molecule has 1 unspecified atom stereocenters. The third kappa shape index (κ3) is 17.6. The molecule has 0 saturated heterocycles. The molecule has 0 bridgehead atoms. The minimum absolute atomic E-state index is 0. The van der Waals surface area contributed by atoms with Gasteiger partial charge in [0.1, 0.15) is 0 Å². The molecule has 0 aliphatic heterocycles. The van der Waals surface area contributed by atoms with E-state index in [1.165, 1.54) is 6.92 Å². The van der Waals surface area contributed by atoms with E-state index in [0.717, 1.165) is 0 Å². The van der Waals surface area contributed by atoms with Gasteiger partial charge >= 0.3 is 103 Å². The molecule has 0 aliphatic rings. The Balaban J connectivity index is -0.0000000800. The molecule has 0 aromatic rings. The van der Waals surface area contributed by atoms with E-state index < -0.39 is 6.10 Å². The van der Waals surface area contributed by atoms with Gasteiger partial charge in [-0.25, -0.2) is 0 Å². The van der Waals surface area contributed by atoms with Crippen molar-refractivity contribution < 1.29 is 10.2 Å². The van der Waals surface area contributed by atoms with E-state index in [1.54, 1.807) is 0 Å². The van der Waals surface area contributed by atoms with Crippen molar-refractivity contribution in [2.75, 3.05) is 6.61 Å². The first-order chi connectivity index (χ1) is 2.27. The molecule has 2 nitrogen and oxygen atoms in total. The first-order valence-corrected chi connectivity index (χ1v) is 1.56. The third-order valence-corrected chi connectivity index (χ3v) is 0.264. The molecule has 0 aromatic heterocycles. The number of aliphatic hydroxyl groups is 2. The van der Waals surface area contributed by atoms with Gasteiger partial charge < -0.3 is 10.2 Å². The van der Waals surface area contributed by atoms with Crippen molar-refractivity contribution in [1.82, 2.24) is 0 Å². The van der Waals surface area contributed by atoms with Gasteiger partial charge in [0.15, 0.2) is 0 Å². The Labute approximate surface area is 129 Å². The summed E-state index contributed by atoms with van der Waals surface area (Å²) >= 11 is 0. The van der Waals surface area contributed by atoms with Crippen LogP contribution < -0.4 is 0 Å². The molecular weight excluding hydrogens is 146 g/mol. The number of aliphatic hydroxyl groups excluding tert-OH is 2. The summed E-state index contributed by atoms with van der Waals surface area (Å²) in [4.78, 5) is 0. The summed E-state index contributed by atoms with van der Waals surface area (Å²) in [6.07, 6.45) is -0.560. The summed E-state index contributed by atoms with van der Waals surface area (Å²) < 4.78 is 0. The molecule has 7 heavy (non-hydrogen) atoms. The van der Waals surface area contributed by atoms with Crippen LogP contribution in [0.15, 0.2) is 0 Å². The first kappa shape index (κ1) is 16.6. The predicted molar refractivity (Wildman–Crippen MR) is 33.1 cm³/mol. The summed E-state index contributed by atoms with van der Waals surface area (Å²) in [6.45, 7) is 1.39. The average Bonchev–Trinajstić information content (AvgIpc) is 1.38. The van der Waals surface area contributed by atoms with Gasteiger partial charge in [-0.3, -0.25) is 0 Å². The molecule has 0 saturated carbocycles. The van der Waals surface area contributed by atoms with Gasteiger partial charge in [0.25, 0.3) is 0 Å². The van der Waals surface area contributed by atoms with Gasteiger partial charge in [-0.15, -0.1) is 0 Å². The van der Waals surface area contributed by atoms with Crippen LogP contribution in [0, 0.1) is 0 Å². The molecule has 4 heteroatoms. The quantitative estimate of drug-likeness (QED) is 0.434. The molecular formula is C3H10K2O2. The Kier molecular flexibility index (Phi) is 28.4. The second-order valence-corrected chi connectivity index (χ2v) is 1.03. The van der Waals surface area contributed by atoms with Crippen molar-refractivity contribution in [3.05, 3.63) is 0 Å². The fraction of sp³-hybridized carbons (Fsp3) is 1.00. The van der Waals surface area contributed by atoms with Gasteiger partial charge in [0.2, 0.25) is 0 Å². The van der Waals surface area contributed by atoms with E-state index in [1.807, 2.05) is 0 Å². The van der Waals surface area contributed by atoms with Crippen LogP contribution in [0.2, 0.25) is 0 Å². The number of hydrogen-bond donors (Lipinski definition) is 2. The van der Waals surface area contributed by atoms with Gasteiger partial charge in [0.05, 0.1) is 12.7 Å². The van der Waals surface area contributed by atoms with Crippen LogP contribution in [-0.4, -0.2) is 126 Å². The average molecular weight is 156 g/mol. The van der Waals surface area contributed by atoms with Crippen molar-refractivity contribution in [3.8, 4) is 0 Å². The van der Waals surface area contributed by atoms with E-state index in [-0.39, 0.29) is 109 Å². The molecule has 0 aromatic carbocycles. The monoisotopic (exact) mass is 156 g/mol. The summed E-state index contributed by atoms with van der Waals surface area (Å²) in [5, 5.41) is 16.0. The Morgan fingerprint density at radius 2 is 1.57 bits per heavy atom. The molecule has 0 radical (unpaired) electrons. The molecule has 0 amide bonds. The Hall–Kier alpha value is 3.19. The van der Waals surface area contributed by atoms with E-state index >= 15 is 0 Å². The molecule has 0 heterocycles. The normalized spacial score (nSPS) is 10.7. The van der Waals surface area contributed by atoms with Gasteiger partial charge in [-0.2, -0.15) is 0 Å². The van der Waals surface area contributed by atoms with Crippen LogP contribution >= 0.6 is 0 Å². The minimum atomic E-state index is -0.560. The van der Waals surface area contributed by atoms with Gasteiger partial charge in [0, 0.05) is 0 Å². The van der Waals surface area contributed by atoms with E-state index in [4.69, 9.17) is 10.2 Å². The maximum atomic E-state index is 8.11. The van der Waals surface area contributed by atoms with Crippen LogP contribution in [0.1, 0.15) is 6.92 Å². The Bertz CT molecular complexity index is 24.9. The van der Waals surface area contributed by atoms with Crippen LogP contribution in [0.5, 0.6) is 0 Å². The second kappa shape index (κ2) is 11.9. The van der Waals surface area contributed by atoms with Crippen LogP contribution in [0.3, 0.4) is 0 Å². The fourth-order valence-corrected chi connectivity index (χ4v) is 0. The molecule has 2 N–H and O–H groups in total. The zero-order valence-corrected chi connectivity index (χ0v) is 3.18. The van der Waals surface area contributed by atoms with E-state index in [0.29, 0.717) is 0 Å². The number of rotatable bonds is 1. The van der Waals surface area contributed by atoms with Crippen molar-refractivity contribution >= 4 is 103 Å². The molecule has 1 atom stereocenters. The van der Waals surface area contributed by atoms with Crippen molar-refractivity contribution in [3.63, 3.8) is 0 Å². The maximum absolute atomic E-state index is 8.11. The molecule has 0 fully saturated rings. The van der Waals surface area contributed by atoms with Crippen LogP contribution in [-0.2, 0) is 0 Å². The Morgan fingerprint density at radius 1 is 1.43 bits per heavy atom. The summed E-state index contributed by atoms with van der Waals surface area (Å²) in [6, 6.07) is 0. The molecule has 0 aliphatic carbocycles. The summed E-state index contributed by atoms with van der Waals surface area (Å²) in [7, 11) is 0. The standard InChI is InChI=1S/C3H8O2.2K.2H/c1-3(5)2-4;;;;/h3-5H,2H2,1H3;;;;. The zero-order chi connectivity index (χ0) is 4.28. The topological polar surface area (TPSA) is 40.5 Å². The van der Waals surface area contributed by atoms with Gasteiger partial charge in [-0.05, 0) is 6.92 Å². The fourth-order valence-electron chi connectivity index (χ4n) is 0. The molecule has 0 spiro atoms. The predicted octanol–water partition coefficient (Wildman–Crippen LogP) is -1.94. The van der Waals surface area contributed by atoms with Crippen molar-refractivity contribution in [1.29, 1.82) is 0 Å². The van der Waals surface area contributed by atoms with Crippen LogP contribution in [0.4, 0.5) is 0 Å². The van der Waals surface area contributed by atoms with E-state index in [2.05, 4.69) is 0 Å². The summed E-state index contributed by atoms with van der Waals surface area (Å²) in [5.74, 6) is 0. The van der Waals surface area contributed by atoms with Gasteiger partial charge in [-0.1, -0.05) is 0 Å². The third-order valence-electron chi connectivity index (χ3n) is 0.264. The second-order valence-electron chi connectivity index (χ2n) is 1.03. The molecule has 36 valence electrons. The zero-order valence-electron chi connectivity index (χ0n) is 3.18. The van der Waals surface area contributed by atoms with E-state index in [9.17, 15) is 0 Å². The van der Waals surface area contributed by atoms with Crippen molar-refractivity contribution in [2.45, 2.75) is 13.0 Å². The molecule has 0 rings (SSSR count). The Morgan fingerprint density at radius 3 is 1.57 bits per heavy atom. The SMILES string of the molecule is CC(O)CO.[KH].[KH]. The van der Waals surface area contributed by atoms with Crippen LogP contribution in [0.25, 0.3) is 0 Å². The van der Waals surface area contributed by atoms with Crippen molar-refractivity contribution in [2.24, 2.45) is 0 Å². The first-order valence-electron chi connectivity index (χ1n) is 1.56.